The average molecular weight is 309 g/mol. The van der Waals surface area contributed by atoms with Crippen molar-refractivity contribution in [1.82, 2.24) is 10.3 Å². The van der Waals surface area contributed by atoms with E-state index in [0.29, 0.717) is 0 Å². The predicted molar refractivity (Wildman–Crippen MR) is 73.9 cm³/mol. The number of aromatic nitrogens is 1. The number of halogens is 2. The van der Waals surface area contributed by atoms with Crippen LogP contribution >= 0.6 is 15.9 Å². The maximum atomic E-state index is 13.3. The summed E-state index contributed by atoms with van der Waals surface area (Å²) in [5.41, 5.74) is 1.76. The Labute approximate surface area is 114 Å². The van der Waals surface area contributed by atoms with E-state index in [9.17, 15) is 4.39 Å². The van der Waals surface area contributed by atoms with Crippen molar-refractivity contribution in [2.45, 2.75) is 13.0 Å². The fourth-order valence-electron chi connectivity index (χ4n) is 1.84. The summed E-state index contributed by atoms with van der Waals surface area (Å²) in [5.74, 6) is -0.229. The lowest BCUT2D eigenvalue weighted by Crippen LogP contribution is -2.23. The average Bonchev–Trinajstić information content (AvgIpc) is 2.37. The molecule has 2 rings (SSSR count). The molecule has 1 heterocycles. The van der Waals surface area contributed by atoms with E-state index in [2.05, 4.69) is 26.2 Å². The van der Waals surface area contributed by atoms with Crippen LogP contribution in [0.25, 0.3) is 0 Å². The van der Waals surface area contributed by atoms with Crippen molar-refractivity contribution in [2.75, 3.05) is 6.54 Å². The molecule has 2 nitrogen and oxygen atoms in total. The molecule has 4 heteroatoms. The maximum absolute atomic E-state index is 13.3. The summed E-state index contributed by atoms with van der Waals surface area (Å²) in [6, 6.07) is 10.4. The van der Waals surface area contributed by atoms with Gasteiger partial charge in [-0.1, -0.05) is 19.1 Å². The molecule has 0 radical (unpaired) electrons. The molecule has 2 aromatic rings. The van der Waals surface area contributed by atoms with Crippen LogP contribution in [0.3, 0.4) is 0 Å². The minimum Gasteiger partial charge on any atom is -0.305 e. The van der Waals surface area contributed by atoms with E-state index in [1.807, 2.05) is 25.1 Å². The van der Waals surface area contributed by atoms with Gasteiger partial charge in [0.25, 0.3) is 0 Å². The largest absolute Gasteiger partial charge is 0.305 e. The van der Waals surface area contributed by atoms with Crippen LogP contribution in [-0.2, 0) is 0 Å². The summed E-state index contributed by atoms with van der Waals surface area (Å²) >= 11 is 3.36. The SMILES string of the molecule is CCNC(c1cccc(F)c1)c1ccc(Br)cn1. The molecular weight excluding hydrogens is 295 g/mol. The Bertz CT molecular complexity index is 513. The van der Waals surface area contributed by atoms with Crippen LogP contribution in [0.15, 0.2) is 47.1 Å². The molecule has 0 saturated carbocycles. The Hall–Kier alpha value is -1.26. The third-order valence-electron chi connectivity index (χ3n) is 2.64. The molecule has 18 heavy (non-hydrogen) atoms. The van der Waals surface area contributed by atoms with Crippen LogP contribution in [0.4, 0.5) is 4.39 Å². The first-order chi connectivity index (χ1) is 8.70. The molecule has 1 aromatic carbocycles. The van der Waals surface area contributed by atoms with E-state index in [4.69, 9.17) is 0 Å². The number of hydrogen-bond acceptors (Lipinski definition) is 2. The van der Waals surface area contributed by atoms with Crippen LogP contribution in [0.2, 0.25) is 0 Å². The van der Waals surface area contributed by atoms with Gasteiger partial charge >= 0.3 is 0 Å². The van der Waals surface area contributed by atoms with Crippen LogP contribution in [0, 0.1) is 5.82 Å². The van der Waals surface area contributed by atoms with E-state index in [1.54, 1.807) is 12.3 Å². The highest BCUT2D eigenvalue weighted by molar-refractivity contribution is 9.10. The van der Waals surface area contributed by atoms with Crippen molar-refractivity contribution >= 4 is 15.9 Å². The second-order valence-corrected chi connectivity index (χ2v) is 4.86. The number of hydrogen-bond donors (Lipinski definition) is 1. The Morgan fingerprint density at radius 3 is 2.78 bits per heavy atom. The Morgan fingerprint density at radius 2 is 2.17 bits per heavy atom. The van der Waals surface area contributed by atoms with Crippen molar-refractivity contribution in [2.24, 2.45) is 0 Å². The van der Waals surface area contributed by atoms with E-state index >= 15 is 0 Å². The minimum absolute atomic E-state index is 0.0844. The Balaban J connectivity index is 2.36. The smallest absolute Gasteiger partial charge is 0.123 e. The first-order valence-electron chi connectivity index (χ1n) is 5.81. The maximum Gasteiger partial charge on any atom is 0.123 e. The first kappa shape index (κ1) is 13.2. The molecule has 1 N–H and O–H groups in total. The third-order valence-corrected chi connectivity index (χ3v) is 3.11. The number of nitrogens with one attached hydrogen (secondary N) is 1. The number of rotatable bonds is 4. The molecule has 94 valence electrons. The lowest BCUT2D eigenvalue weighted by Gasteiger charge is -2.18. The van der Waals surface area contributed by atoms with Crippen molar-refractivity contribution < 1.29 is 4.39 Å². The molecule has 1 atom stereocenters. The van der Waals surface area contributed by atoms with Crippen LogP contribution in [0.1, 0.15) is 24.2 Å². The van der Waals surface area contributed by atoms with Crippen molar-refractivity contribution in [3.63, 3.8) is 0 Å². The van der Waals surface area contributed by atoms with E-state index < -0.39 is 0 Å². The Kier molecular flexibility index (Phi) is 4.44. The van der Waals surface area contributed by atoms with Gasteiger partial charge in [-0.15, -0.1) is 0 Å². The molecular formula is C14H14BrFN2. The van der Waals surface area contributed by atoms with Crippen LogP contribution in [-0.4, -0.2) is 11.5 Å². The van der Waals surface area contributed by atoms with Gasteiger partial charge in [0.15, 0.2) is 0 Å². The summed E-state index contributed by atoms with van der Waals surface area (Å²) in [5, 5.41) is 3.32. The monoisotopic (exact) mass is 308 g/mol. The molecule has 1 aromatic heterocycles. The number of benzene rings is 1. The van der Waals surface area contributed by atoms with Gasteiger partial charge in [0, 0.05) is 10.7 Å². The van der Waals surface area contributed by atoms with Crippen molar-refractivity contribution in [1.29, 1.82) is 0 Å². The second kappa shape index (κ2) is 6.07. The highest BCUT2D eigenvalue weighted by Crippen LogP contribution is 2.22. The normalized spacial score (nSPS) is 12.4. The molecule has 1 unspecified atom stereocenters. The molecule has 0 aliphatic carbocycles. The van der Waals surface area contributed by atoms with Crippen LogP contribution < -0.4 is 5.32 Å². The fourth-order valence-corrected chi connectivity index (χ4v) is 2.08. The molecule has 0 saturated heterocycles. The van der Waals surface area contributed by atoms with Gasteiger partial charge in [0.1, 0.15) is 5.82 Å². The van der Waals surface area contributed by atoms with Gasteiger partial charge in [-0.3, -0.25) is 4.98 Å². The zero-order valence-electron chi connectivity index (χ0n) is 10.0. The van der Waals surface area contributed by atoms with Gasteiger partial charge < -0.3 is 5.32 Å². The van der Waals surface area contributed by atoms with E-state index in [1.165, 1.54) is 12.1 Å². The summed E-state index contributed by atoms with van der Waals surface area (Å²) in [4.78, 5) is 4.37. The van der Waals surface area contributed by atoms with Crippen LogP contribution in [0.5, 0.6) is 0 Å². The topological polar surface area (TPSA) is 24.9 Å². The molecule has 0 aliphatic rings. The van der Waals surface area contributed by atoms with Gasteiger partial charge in [-0.05, 0) is 52.3 Å². The quantitative estimate of drug-likeness (QED) is 0.932. The standard InChI is InChI=1S/C14H14BrFN2/c1-2-17-14(10-4-3-5-12(16)8-10)13-7-6-11(15)9-18-13/h3-9,14,17H,2H2,1H3. The minimum atomic E-state index is -0.229. The van der Waals surface area contributed by atoms with Crippen molar-refractivity contribution in [3.8, 4) is 0 Å². The third kappa shape index (κ3) is 3.15. The van der Waals surface area contributed by atoms with Gasteiger partial charge in [0.2, 0.25) is 0 Å². The summed E-state index contributed by atoms with van der Waals surface area (Å²) in [6.45, 7) is 2.81. The summed E-state index contributed by atoms with van der Waals surface area (Å²) < 4.78 is 14.2. The Morgan fingerprint density at radius 1 is 1.33 bits per heavy atom. The van der Waals surface area contributed by atoms with Gasteiger partial charge in [-0.25, -0.2) is 4.39 Å². The predicted octanol–water partition coefficient (Wildman–Crippen LogP) is 3.68. The van der Waals surface area contributed by atoms with Gasteiger partial charge in [0.05, 0.1) is 11.7 Å². The summed E-state index contributed by atoms with van der Waals surface area (Å²) in [6.07, 6.45) is 1.75. The highest BCUT2D eigenvalue weighted by Gasteiger charge is 2.14. The molecule has 0 aliphatic heterocycles. The molecule has 0 amide bonds. The van der Waals surface area contributed by atoms with Gasteiger partial charge in [-0.2, -0.15) is 0 Å². The first-order valence-corrected chi connectivity index (χ1v) is 6.60. The lowest BCUT2D eigenvalue weighted by molar-refractivity contribution is 0.595. The highest BCUT2D eigenvalue weighted by atomic mass is 79.9. The van der Waals surface area contributed by atoms with Crippen molar-refractivity contribution in [3.05, 3.63) is 64.1 Å². The lowest BCUT2D eigenvalue weighted by atomic mass is 10.0. The number of nitrogens with zero attached hydrogens (tertiary/aromatic N) is 1. The number of pyridine rings is 1. The zero-order chi connectivity index (χ0) is 13.0. The molecule has 0 spiro atoms. The summed E-state index contributed by atoms with van der Waals surface area (Å²) in [7, 11) is 0. The molecule has 0 fully saturated rings. The second-order valence-electron chi connectivity index (χ2n) is 3.95. The fraction of sp³-hybridized carbons (Fsp3) is 0.214. The van der Waals surface area contributed by atoms with E-state index in [0.717, 1.165) is 22.3 Å². The zero-order valence-corrected chi connectivity index (χ0v) is 11.6. The molecule has 0 bridgehead atoms. The van der Waals surface area contributed by atoms with E-state index in [-0.39, 0.29) is 11.9 Å².